The first-order chi connectivity index (χ1) is 9.69. The molecule has 6 heteroatoms. The Bertz CT molecular complexity index is 428. The molecule has 112 valence electrons. The van der Waals surface area contributed by atoms with Crippen LogP contribution in [0.2, 0.25) is 0 Å². The second-order valence-electron chi connectivity index (χ2n) is 5.35. The third kappa shape index (κ3) is 4.54. The first-order valence-corrected chi connectivity index (χ1v) is 8.19. The summed E-state index contributed by atoms with van der Waals surface area (Å²) in [7, 11) is 0. The maximum atomic E-state index is 10.6. The molecule has 2 rings (SSSR count). The van der Waals surface area contributed by atoms with E-state index in [9.17, 15) is 10.1 Å². The van der Waals surface area contributed by atoms with E-state index in [2.05, 4.69) is 17.1 Å². The quantitative estimate of drug-likeness (QED) is 0.621. The van der Waals surface area contributed by atoms with E-state index < -0.39 is 0 Å². The van der Waals surface area contributed by atoms with Gasteiger partial charge in [0.05, 0.1) is 4.92 Å². The summed E-state index contributed by atoms with van der Waals surface area (Å²) in [6, 6.07) is 4.00. The minimum absolute atomic E-state index is 0.233. The van der Waals surface area contributed by atoms with Crippen molar-refractivity contribution in [1.29, 1.82) is 0 Å². The van der Waals surface area contributed by atoms with Crippen LogP contribution in [0.5, 0.6) is 0 Å². The van der Waals surface area contributed by atoms with Gasteiger partial charge in [0.2, 0.25) is 0 Å². The molecule has 1 N–H and O–H groups in total. The molecular weight excluding hydrogens is 274 g/mol. The molecule has 0 saturated carbocycles. The normalized spacial score (nSPS) is 17.4. The first-order valence-electron chi connectivity index (χ1n) is 7.38. The molecule has 0 radical (unpaired) electrons. The Balaban J connectivity index is 1.69. The molecule has 1 aliphatic heterocycles. The molecule has 20 heavy (non-hydrogen) atoms. The van der Waals surface area contributed by atoms with Gasteiger partial charge in [-0.2, -0.15) is 0 Å². The third-order valence-electron chi connectivity index (χ3n) is 3.81. The van der Waals surface area contributed by atoms with E-state index in [4.69, 9.17) is 0 Å². The standard InChI is InChI=1S/C14H23N3O2S/c1-2-3-8-16-9-6-12(7-10-16)15-11-13-4-5-14(20-13)17(18)19/h4-5,12,15H,2-3,6-11H2,1H3. The second kappa shape index (κ2) is 7.71. The van der Waals surface area contributed by atoms with Gasteiger partial charge in [-0.1, -0.05) is 24.7 Å². The van der Waals surface area contributed by atoms with E-state index in [-0.39, 0.29) is 9.92 Å². The van der Waals surface area contributed by atoms with E-state index in [0.717, 1.165) is 11.4 Å². The Labute approximate surface area is 124 Å². The van der Waals surface area contributed by atoms with Gasteiger partial charge in [-0.25, -0.2) is 0 Å². The lowest BCUT2D eigenvalue weighted by Gasteiger charge is -2.32. The van der Waals surface area contributed by atoms with E-state index >= 15 is 0 Å². The number of likely N-dealkylation sites (tertiary alicyclic amines) is 1. The van der Waals surface area contributed by atoms with Crippen LogP contribution >= 0.6 is 11.3 Å². The van der Waals surface area contributed by atoms with Crippen molar-refractivity contribution in [3.05, 3.63) is 27.1 Å². The molecule has 0 amide bonds. The number of nitro groups is 1. The van der Waals surface area contributed by atoms with Gasteiger partial charge in [-0.3, -0.25) is 10.1 Å². The second-order valence-corrected chi connectivity index (χ2v) is 6.49. The molecule has 5 nitrogen and oxygen atoms in total. The fraction of sp³-hybridized carbons (Fsp3) is 0.714. The molecule has 1 saturated heterocycles. The summed E-state index contributed by atoms with van der Waals surface area (Å²) < 4.78 is 0. The van der Waals surface area contributed by atoms with Crippen LogP contribution in [0.25, 0.3) is 0 Å². The lowest BCUT2D eigenvalue weighted by Crippen LogP contribution is -2.42. The minimum Gasteiger partial charge on any atom is -0.309 e. The SMILES string of the molecule is CCCCN1CCC(NCc2ccc([N+](=O)[O-])s2)CC1. The van der Waals surface area contributed by atoms with Crippen LogP contribution in [0.15, 0.2) is 12.1 Å². The molecule has 0 aliphatic carbocycles. The van der Waals surface area contributed by atoms with Gasteiger partial charge >= 0.3 is 5.00 Å². The fourth-order valence-corrected chi connectivity index (χ4v) is 3.32. The number of rotatable bonds is 7. The largest absolute Gasteiger partial charge is 0.324 e. The predicted molar refractivity (Wildman–Crippen MR) is 82.2 cm³/mol. The van der Waals surface area contributed by atoms with Crippen molar-refractivity contribution < 1.29 is 4.92 Å². The fourth-order valence-electron chi connectivity index (χ4n) is 2.55. The monoisotopic (exact) mass is 297 g/mol. The highest BCUT2D eigenvalue weighted by Gasteiger charge is 2.18. The lowest BCUT2D eigenvalue weighted by molar-refractivity contribution is -0.380. The number of piperidine rings is 1. The van der Waals surface area contributed by atoms with Gasteiger partial charge in [0.1, 0.15) is 0 Å². The summed E-state index contributed by atoms with van der Waals surface area (Å²) in [5.74, 6) is 0. The van der Waals surface area contributed by atoms with Gasteiger partial charge in [0, 0.05) is 23.5 Å². The first kappa shape index (κ1) is 15.4. The van der Waals surface area contributed by atoms with Gasteiger partial charge in [0.25, 0.3) is 0 Å². The minimum atomic E-state index is -0.319. The molecule has 2 heterocycles. The zero-order valence-corrected chi connectivity index (χ0v) is 12.8. The highest BCUT2D eigenvalue weighted by atomic mass is 32.1. The highest BCUT2D eigenvalue weighted by molar-refractivity contribution is 7.15. The van der Waals surface area contributed by atoms with Crippen LogP contribution < -0.4 is 5.32 Å². The number of unbranched alkanes of at least 4 members (excludes halogenated alkanes) is 1. The van der Waals surface area contributed by atoms with Crippen LogP contribution in [-0.2, 0) is 6.54 Å². The maximum absolute atomic E-state index is 10.6. The van der Waals surface area contributed by atoms with E-state index in [1.165, 1.54) is 56.7 Å². The summed E-state index contributed by atoms with van der Waals surface area (Å²) >= 11 is 1.27. The van der Waals surface area contributed by atoms with E-state index in [1.54, 1.807) is 6.07 Å². The Morgan fingerprint density at radius 2 is 2.20 bits per heavy atom. The average molecular weight is 297 g/mol. The zero-order valence-electron chi connectivity index (χ0n) is 12.0. The summed E-state index contributed by atoms with van der Waals surface area (Å²) in [4.78, 5) is 13.9. The molecule has 1 aliphatic rings. The van der Waals surface area contributed by atoms with Crippen LogP contribution in [-0.4, -0.2) is 35.5 Å². The Morgan fingerprint density at radius 3 is 2.80 bits per heavy atom. The predicted octanol–water partition coefficient (Wildman–Crippen LogP) is 3.01. The Morgan fingerprint density at radius 1 is 1.45 bits per heavy atom. The van der Waals surface area contributed by atoms with E-state index in [1.807, 2.05) is 6.07 Å². The highest BCUT2D eigenvalue weighted by Crippen LogP contribution is 2.24. The Kier molecular flexibility index (Phi) is 5.94. The average Bonchev–Trinajstić information content (AvgIpc) is 2.93. The molecule has 1 fully saturated rings. The summed E-state index contributed by atoms with van der Waals surface area (Å²) in [6.45, 7) is 6.54. The number of hydrogen-bond acceptors (Lipinski definition) is 5. The van der Waals surface area contributed by atoms with Crippen molar-refractivity contribution in [2.45, 2.75) is 45.2 Å². The van der Waals surface area contributed by atoms with Gasteiger partial charge < -0.3 is 10.2 Å². The van der Waals surface area contributed by atoms with Gasteiger partial charge in [-0.15, -0.1) is 0 Å². The zero-order chi connectivity index (χ0) is 14.4. The summed E-state index contributed by atoms with van der Waals surface area (Å²) in [5.41, 5.74) is 0. The maximum Gasteiger partial charge on any atom is 0.324 e. The van der Waals surface area contributed by atoms with Crippen LogP contribution in [0.1, 0.15) is 37.5 Å². The number of nitrogens with one attached hydrogen (secondary N) is 1. The number of nitrogens with zero attached hydrogens (tertiary/aromatic N) is 2. The van der Waals surface area contributed by atoms with Crippen LogP contribution in [0.4, 0.5) is 5.00 Å². The van der Waals surface area contributed by atoms with Crippen molar-refractivity contribution >= 4 is 16.3 Å². The van der Waals surface area contributed by atoms with Crippen molar-refractivity contribution in [3.63, 3.8) is 0 Å². The third-order valence-corrected chi connectivity index (χ3v) is 4.84. The molecule has 0 aromatic carbocycles. The van der Waals surface area contributed by atoms with Crippen molar-refractivity contribution in [1.82, 2.24) is 10.2 Å². The molecule has 1 aromatic heterocycles. The van der Waals surface area contributed by atoms with Gasteiger partial charge in [-0.05, 0) is 45.0 Å². The smallest absolute Gasteiger partial charge is 0.309 e. The van der Waals surface area contributed by atoms with Crippen molar-refractivity contribution in [3.8, 4) is 0 Å². The van der Waals surface area contributed by atoms with Crippen LogP contribution in [0.3, 0.4) is 0 Å². The van der Waals surface area contributed by atoms with Crippen molar-refractivity contribution in [2.75, 3.05) is 19.6 Å². The number of thiophene rings is 1. The Hall–Kier alpha value is -0.980. The molecule has 0 bridgehead atoms. The topological polar surface area (TPSA) is 58.4 Å². The number of hydrogen-bond donors (Lipinski definition) is 1. The van der Waals surface area contributed by atoms with Gasteiger partial charge in [0.15, 0.2) is 0 Å². The molecule has 0 unspecified atom stereocenters. The molecular formula is C14H23N3O2S. The molecule has 1 aromatic rings. The summed E-state index contributed by atoms with van der Waals surface area (Å²) in [5, 5.41) is 14.4. The summed E-state index contributed by atoms with van der Waals surface area (Å²) in [6.07, 6.45) is 4.90. The lowest BCUT2D eigenvalue weighted by atomic mass is 10.0. The van der Waals surface area contributed by atoms with Crippen molar-refractivity contribution in [2.24, 2.45) is 0 Å². The molecule has 0 atom stereocenters. The van der Waals surface area contributed by atoms with Crippen LogP contribution in [0, 0.1) is 10.1 Å². The van der Waals surface area contributed by atoms with E-state index in [0.29, 0.717) is 6.04 Å². The molecule has 0 spiro atoms.